The van der Waals surface area contributed by atoms with Crippen molar-refractivity contribution < 1.29 is 8.78 Å². The molecule has 16 heavy (non-hydrogen) atoms. The minimum absolute atomic E-state index is 0.0000617. The van der Waals surface area contributed by atoms with Crippen molar-refractivity contribution in [3.8, 4) is 0 Å². The Kier molecular flexibility index (Phi) is 3.23. The molecule has 0 amide bonds. The number of benzene rings is 1. The standard InChI is InChI=1S/C11H8ClF2NS/c12-10-8(14)2-1-7(13)9(10)11(15)6-3-4-16-5-6/h1-5,11H,15H2/t11-/m0/s1. The topological polar surface area (TPSA) is 26.0 Å². The lowest BCUT2D eigenvalue weighted by Crippen LogP contribution is -2.14. The highest BCUT2D eigenvalue weighted by Crippen LogP contribution is 2.31. The van der Waals surface area contributed by atoms with Gasteiger partial charge in [-0.1, -0.05) is 11.6 Å². The van der Waals surface area contributed by atoms with Crippen molar-refractivity contribution in [2.24, 2.45) is 5.73 Å². The third-order valence-electron chi connectivity index (χ3n) is 2.29. The zero-order chi connectivity index (χ0) is 11.7. The van der Waals surface area contributed by atoms with Gasteiger partial charge in [0.2, 0.25) is 0 Å². The molecule has 1 heterocycles. The van der Waals surface area contributed by atoms with Crippen molar-refractivity contribution in [1.82, 2.24) is 0 Å². The molecule has 0 aliphatic heterocycles. The van der Waals surface area contributed by atoms with Crippen LogP contribution in [0, 0.1) is 11.6 Å². The molecule has 1 atom stereocenters. The molecule has 0 saturated carbocycles. The molecule has 2 rings (SSSR count). The number of nitrogens with two attached hydrogens (primary N) is 1. The quantitative estimate of drug-likeness (QED) is 0.817. The first-order chi connectivity index (χ1) is 7.61. The molecule has 0 bridgehead atoms. The van der Waals surface area contributed by atoms with Crippen LogP contribution in [0.5, 0.6) is 0 Å². The number of halogens is 3. The second kappa shape index (κ2) is 4.49. The smallest absolute Gasteiger partial charge is 0.142 e. The molecule has 1 nitrogen and oxygen atoms in total. The van der Waals surface area contributed by atoms with Crippen LogP contribution < -0.4 is 5.73 Å². The summed E-state index contributed by atoms with van der Waals surface area (Å²) in [4.78, 5) is 0. The molecule has 84 valence electrons. The minimum Gasteiger partial charge on any atom is -0.320 e. The van der Waals surface area contributed by atoms with E-state index in [-0.39, 0.29) is 10.6 Å². The molecular formula is C11H8ClF2NS. The van der Waals surface area contributed by atoms with Gasteiger partial charge in [0.15, 0.2) is 0 Å². The molecule has 0 spiro atoms. The summed E-state index contributed by atoms with van der Waals surface area (Å²) in [5.74, 6) is -1.26. The van der Waals surface area contributed by atoms with Crippen molar-refractivity contribution in [1.29, 1.82) is 0 Å². The fourth-order valence-electron chi connectivity index (χ4n) is 1.45. The van der Waals surface area contributed by atoms with Gasteiger partial charge in [0.25, 0.3) is 0 Å². The van der Waals surface area contributed by atoms with Gasteiger partial charge in [0, 0.05) is 5.56 Å². The number of thiophene rings is 1. The van der Waals surface area contributed by atoms with Gasteiger partial charge in [0.05, 0.1) is 11.1 Å². The number of hydrogen-bond acceptors (Lipinski definition) is 2. The number of hydrogen-bond donors (Lipinski definition) is 1. The van der Waals surface area contributed by atoms with Gasteiger partial charge in [-0.2, -0.15) is 11.3 Å². The Bertz CT molecular complexity index is 499. The van der Waals surface area contributed by atoms with E-state index in [1.807, 2.05) is 5.38 Å². The Labute approximate surface area is 100 Å². The predicted octanol–water partition coefficient (Wildman–Crippen LogP) is 3.73. The maximum atomic E-state index is 13.5. The summed E-state index contributed by atoms with van der Waals surface area (Å²) >= 11 is 7.16. The Morgan fingerprint density at radius 1 is 1.19 bits per heavy atom. The first kappa shape index (κ1) is 11.5. The largest absolute Gasteiger partial charge is 0.320 e. The maximum Gasteiger partial charge on any atom is 0.142 e. The highest BCUT2D eigenvalue weighted by molar-refractivity contribution is 7.08. The molecular weight excluding hydrogens is 252 g/mol. The molecule has 0 aliphatic carbocycles. The van der Waals surface area contributed by atoms with Crippen LogP contribution in [0.3, 0.4) is 0 Å². The maximum absolute atomic E-state index is 13.5. The normalized spacial score (nSPS) is 12.8. The van der Waals surface area contributed by atoms with Crippen molar-refractivity contribution in [2.45, 2.75) is 6.04 Å². The Morgan fingerprint density at radius 3 is 2.50 bits per heavy atom. The molecule has 0 aliphatic rings. The lowest BCUT2D eigenvalue weighted by molar-refractivity contribution is 0.577. The minimum atomic E-state index is -0.741. The van der Waals surface area contributed by atoms with E-state index >= 15 is 0 Å². The van der Waals surface area contributed by atoms with Crippen LogP contribution in [0.15, 0.2) is 29.0 Å². The highest BCUT2D eigenvalue weighted by atomic mass is 35.5. The van der Waals surface area contributed by atoms with Crippen molar-refractivity contribution in [3.63, 3.8) is 0 Å². The van der Waals surface area contributed by atoms with E-state index in [1.54, 1.807) is 11.4 Å². The average molecular weight is 260 g/mol. The van der Waals surface area contributed by atoms with Gasteiger partial charge < -0.3 is 5.73 Å². The van der Waals surface area contributed by atoms with Gasteiger partial charge in [-0.25, -0.2) is 8.78 Å². The first-order valence-electron chi connectivity index (χ1n) is 4.52. The highest BCUT2D eigenvalue weighted by Gasteiger charge is 2.20. The van der Waals surface area contributed by atoms with Crippen molar-refractivity contribution in [3.05, 3.63) is 56.7 Å². The zero-order valence-corrected chi connectivity index (χ0v) is 9.66. The number of rotatable bonds is 2. The molecule has 5 heteroatoms. The van der Waals surface area contributed by atoms with Crippen LogP contribution in [0.1, 0.15) is 17.2 Å². The Balaban J connectivity index is 2.52. The lowest BCUT2D eigenvalue weighted by Gasteiger charge is -2.13. The van der Waals surface area contributed by atoms with Gasteiger partial charge in [-0.3, -0.25) is 0 Å². The second-order valence-corrected chi connectivity index (χ2v) is 4.45. The summed E-state index contributed by atoms with van der Waals surface area (Å²) in [7, 11) is 0. The molecule has 0 fully saturated rings. The predicted molar refractivity (Wildman–Crippen MR) is 61.7 cm³/mol. The van der Waals surface area contributed by atoms with Crippen molar-refractivity contribution >= 4 is 22.9 Å². The summed E-state index contributed by atoms with van der Waals surface area (Å²) in [6.45, 7) is 0. The molecule has 2 aromatic rings. The molecule has 0 unspecified atom stereocenters. The van der Waals surface area contributed by atoms with Crippen LogP contribution in [0.2, 0.25) is 5.02 Å². The van der Waals surface area contributed by atoms with E-state index in [0.717, 1.165) is 17.7 Å². The molecule has 0 saturated heterocycles. The fraction of sp³-hybridized carbons (Fsp3) is 0.0909. The monoisotopic (exact) mass is 259 g/mol. The van der Waals surface area contributed by atoms with E-state index in [4.69, 9.17) is 17.3 Å². The van der Waals surface area contributed by atoms with Crippen LogP contribution in [-0.4, -0.2) is 0 Å². The SMILES string of the molecule is N[C@@H](c1ccsc1)c1c(F)ccc(F)c1Cl. The van der Waals surface area contributed by atoms with Crippen molar-refractivity contribution in [2.75, 3.05) is 0 Å². The second-order valence-electron chi connectivity index (χ2n) is 3.29. The van der Waals surface area contributed by atoms with E-state index in [1.165, 1.54) is 11.3 Å². The zero-order valence-electron chi connectivity index (χ0n) is 8.08. The Morgan fingerprint density at radius 2 is 1.88 bits per heavy atom. The average Bonchev–Trinajstić information content (AvgIpc) is 2.77. The Hall–Kier alpha value is -0.970. The third kappa shape index (κ3) is 1.96. The summed E-state index contributed by atoms with van der Waals surface area (Å²) in [6.07, 6.45) is 0. The van der Waals surface area contributed by atoms with Gasteiger partial charge >= 0.3 is 0 Å². The third-order valence-corrected chi connectivity index (χ3v) is 3.38. The van der Waals surface area contributed by atoms with Crippen LogP contribution >= 0.6 is 22.9 Å². The fourth-order valence-corrected chi connectivity index (χ4v) is 2.41. The molecule has 1 aromatic carbocycles. The van der Waals surface area contributed by atoms with E-state index < -0.39 is 17.7 Å². The first-order valence-corrected chi connectivity index (χ1v) is 5.84. The van der Waals surface area contributed by atoms with E-state index in [2.05, 4.69) is 0 Å². The molecule has 0 radical (unpaired) electrons. The summed E-state index contributed by atoms with van der Waals surface area (Å²) in [5, 5.41) is 3.35. The van der Waals surface area contributed by atoms with E-state index in [0.29, 0.717) is 0 Å². The summed E-state index contributed by atoms with van der Waals surface area (Å²) in [5.41, 5.74) is 6.57. The van der Waals surface area contributed by atoms with Crippen LogP contribution in [0.4, 0.5) is 8.78 Å². The lowest BCUT2D eigenvalue weighted by atomic mass is 10.0. The van der Waals surface area contributed by atoms with Gasteiger partial charge in [0.1, 0.15) is 11.6 Å². The van der Waals surface area contributed by atoms with Crippen LogP contribution in [0.25, 0.3) is 0 Å². The summed E-state index contributed by atoms with van der Waals surface area (Å²) < 4.78 is 26.8. The molecule has 1 aromatic heterocycles. The van der Waals surface area contributed by atoms with E-state index in [9.17, 15) is 8.78 Å². The van der Waals surface area contributed by atoms with Gasteiger partial charge in [-0.05, 0) is 34.5 Å². The molecule has 2 N–H and O–H groups in total. The summed E-state index contributed by atoms with van der Waals surface area (Å²) in [6, 6.07) is 3.04. The van der Waals surface area contributed by atoms with Gasteiger partial charge in [-0.15, -0.1) is 0 Å². The van der Waals surface area contributed by atoms with Crippen LogP contribution in [-0.2, 0) is 0 Å².